The number of aromatic amines is 1. The topological polar surface area (TPSA) is 100 Å². The Morgan fingerprint density at radius 3 is 2.70 bits per heavy atom. The normalized spacial score (nSPS) is 10.6. The van der Waals surface area contributed by atoms with Crippen LogP contribution in [0.1, 0.15) is 11.3 Å². The average molecular weight is 272 g/mol. The fourth-order valence-electron chi connectivity index (χ4n) is 1.56. The van der Waals surface area contributed by atoms with Gasteiger partial charge in [0.25, 0.3) is 5.69 Å². The van der Waals surface area contributed by atoms with Crippen LogP contribution in [0.3, 0.4) is 0 Å². The summed E-state index contributed by atoms with van der Waals surface area (Å²) in [6, 6.07) is 9.46. The van der Waals surface area contributed by atoms with Crippen molar-refractivity contribution >= 4 is 17.8 Å². The van der Waals surface area contributed by atoms with E-state index >= 15 is 0 Å². The van der Waals surface area contributed by atoms with Crippen molar-refractivity contribution < 1.29 is 9.72 Å². The first kappa shape index (κ1) is 13.5. The number of nitrogens with zero attached hydrogens (tertiary/aromatic N) is 2. The van der Waals surface area contributed by atoms with Crippen molar-refractivity contribution in [2.75, 3.05) is 0 Å². The molecule has 0 aliphatic rings. The lowest BCUT2D eigenvalue weighted by Gasteiger charge is -2.00. The van der Waals surface area contributed by atoms with Gasteiger partial charge in [0.15, 0.2) is 0 Å². The summed E-state index contributed by atoms with van der Waals surface area (Å²) in [7, 11) is 0. The van der Waals surface area contributed by atoms with Crippen molar-refractivity contribution in [3.8, 4) is 0 Å². The summed E-state index contributed by atoms with van der Waals surface area (Å²) in [5.41, 5.74) is 3.84. The lowest BCUT2D eigenvalue weighted by atomic mass is 10.1. The first-order valence-electron chi connectivity index (χ1n) is 5.84. The van der Waals surface area contributed by atoms with Gasteiger partial charge in [-0.2, -0.15) is 5.10 Å². The number of non-ortho nitro benzene ring substituents is 1. The quantitative estimate of drug-likeness (QED) is 0.491. The maximum absolute atomic E-state index is 11.6. The summed E-state index contributed by atoms with van der Waals surface area (Å²) in [6.45, 7) is 0. The van der Waals surface area contributed by atoms with Gasteiger partial charge in [0.2, 0.25) is 5.91 Å². The highest BCUT2D eigenvalue weighted by molar-refractivity contribution is 5.82. The molecule has 102 valence electrons. The number of H-pyrrole nitrogens is 1. The minimum Gasteiger partial charge on any atom is -0.360 e. The van der Waals surface area contributed by atoms with Crippen LogP contribution in [-0.4, -0.2) is 22.0 Å². The summed E-state index contributed by atoms with van der Waals surface area (Å²) >= 11 is 0. The number of hydrogen-bond acceptors (Lipinski definition) is 4. The number of nitrogens with one attached hydrogen (secondary N) is 2. The Bertz CT molecular complexity index is 618. The molecule has 0 radical (unpaired) electrons. The van der Waals surface area contributed by atoms with Crippen molar-refractivity contribution in [1.82, 2.24) is 10.4 Å². The number of carbonyl (C=O) groups excluding carboxylic acids is 1. The molecular formula is C13H12N4O3. The summed E-state index contributed by atoms with van der Waals surface area (Å²) in [4.78, 5) is 24.5. The zero-order chi connectivity index (χ0) is 14.4. The van der Waals surface area contributed by atoms with Gasteiger partial charge in [0.05, 0.1) is 23.3 Å². The zero-order valence-electron chi connectivity index (χ0n) is 10.4. The number of hydrogen-bond donors (Lipinski definition) is 2. The Labute approximate surface area is 114 Å². The molecule has 0 unspecified atom stereocenters. The number of aromatic nitrogens is 1. The van der Waals surface area contributed by atoms with E-state index in [0.29, 0.717) is 5.56 Å². The molecule has 1 aromatic carbocycles. The molecule has 0 aliphatic heterocycles. The standard InChI is InChI=1S/C13H12N4O3/c18-13(16-15-9-11-2-1-7-14-11)8-10-3-5-12(6-4-10)17(19)20/h1-7,9,14H,8H2,(H,16,18)/b15-9+. The molecule has 0 bridgehead atoms. The second-order valence-electron chi connectivity index (χ2n) is 4.02. The summed E-state index contributed by atoms with van der Waals surface area (Å²) in [5, 5.41) is 14.3. The Hall–Kier alpha value is -2.96. The molecule has 1 aromatic heterocycles. The van der Waals surface area contributed by atoms with Crippen LogP contribution in [0, 0.1) is 10.1 Å². The zero-order valence-corrected chi connectivity index (χ0v) is 10.4. The van der Waals surface area contributed by atoms with Gasteiger partial charge in [-0.25, -0.2) is 5.43 Å². The van der Waals surface area contributed by atoms with Gasteiger partial charge >= 0.3 is 0 Å². The van der Waals surface area contributed by atoms with Crippen LogP contribution in [-0.2, 0) is 11.2 Å². The minimum atomic E-state index is -0.482. The molecule has 0 fully saturated rings. The molecule has 0 saturated carbocycles. The van der Waals surface area contributed by atoms with Crippen LogP contribution in [0.5, 0.6) is 0 Å². The van der Waals surface area contributed by atoms with Crippen LogP contribution in [0.2, 0.25) is 0 Å². The molecule has 7 nitrogen and oxygen atoms in total. The number of nitro groups is 1. The van der Waals surface area contributed by atoms with E-state index in [1.165, 1.54) is 18.3 Å². The highest BCUT2D eigenvalue weighted by Gasteiger charge is 2.06. The number of rotatable bonds is 5. The van der Waals surface area contributed by atoms with Crippen molar-refractivity contribution in [3.05, 3.63) is 64.0 Å². The van der Waals surface area contributed by atoms with Gasteiger partial charge in [-0.05, 0) is 17.7 Å². The highest BCUT2D eigenvalue weighted by atomic mass is 16.6. The van der Waals surface area contributed by atoms with Crippen molar-refractivity contribution in [2.45, 2.75) is 6.42 Å². The van der Waals surface area contributed by atoms with Crippen LogP contribution in [0.15, 0.2) is 47.7 Å². The molecule has 2 aromatic rings. The van der Waals surface area contributed by atoms with Crippen LogP contribution >= 0.6 is 0 Å². The molecule has 2 rings (SSSR count). The number of hydrazone groups is 1. The summed E-state index contributed by atoms with van der Waals surface area (Å²) in [5.74, 6) is -0.290. The lowest BCUT2D eigenvalue weighted by Crippen LogP contribution is -2.19. The Morgan fingerprint density at radius 2 is 2.10 bits per heavy atom. The largest absolute Gasteiger partial charge is 0.360 e. The fourth-order valence-corrected chi connectivity index (χ4v) is 1.56. The van der Waals surface area contributed by atoms with Crippen molar-refractivity contribution in [2.24, 2.45) is 5.10 Å². The van der Waals surface area contributed by atoms with Gasteiger partial charge in [-0.15, -0.1) is 0 Å². The van der Waals surface area contributed by atoms with E-state index in [4.69, 9.17) is 0 Å². The molecule has 1 amide bonds. The van der Waals surface area contributed by atoms with Gasteiger partial charge in [-0.1, -0.05) is 12.1 Å². The predicted octanol–water partition coefficient (Wildman–Crippen LogP) is 1.62. The van der Waals surface area contributed by atoms with Crippen LogP contribution in [0.25, 0.3) is 0 Å². The average Bonchev–Trinajstić information content (AvgIpc) is 2.92. The molecule has 20 heavy (non-hydrogen) atoms. The molecule has 0 spiro atoms. The Morgan fingerprint density at radius 1 is 1.35 bits per heavy atom. The van der Waals surface area contributed by atoms with E-state index < -0.39 is 4.92 Å². The third-order valence-corrected chi connectivity index (χ3v) is 2.53. The van der Waals surface area contributed by atoms with Crippen molar-refractivity contribution in [1.29, 1.82) is 0 Å². The first-order chi connectivity index (χ1) is 9.65. The monoisotopic (exact) mass is 272 g/mol. The number of carbonyl (C=O) groups is 1. The van der Waals surface area contributed by atoms with E-state index in [2.05, 4.69) is 15.5 Å². The maximum Gasteiger partial charge on any atom is 0.269 e. The second-order valence-corrected chi connectivity index (χ2v) is 4.02. The highest BCUT2D eigenvalue weighted by Crippen LogP contribution is 2.12. The molecule has 0 atom stereocenters. The van der Waals surface area contributed by atoms with E-state index in [0.717, 1.165) is 5.69 Å². The minimum absolute atomic E-state index is 0.000996. The third-order valence-electron chi connectivity index (χ3n) is 2.53. The maximum atomic E-state index is 11.6. The van der Waals surface area contributed by atoms with E-state index in [1.807, 2.05) is 12.1 Å². The van der Waals surface area contributed by atoms with E-state index in [1.54, 1.807) is 18.3 Å². The Kier molecular flexibility index (Phi) is 4.23. The summed E-state index contributed by atoms with van der Waals surface area (Å²) in [6.07, 6.45) is 3.36. The predicted molar refractivity (Wildman–Crippen MR) is 73.3 cm³/mol. The SMILES string of the molecule is O=C(Cc1ccc([N+](=O)[O-])cc1)N/N=C/c1ccc[nH]1. The molecule has 2 N–H and O–H groups in total. The van der Waals surface area contributed by atoms with E-state index in [9.17, 15) is 14.9 Å². The van der Waals surface area contributed by atoms with Crippen LogP contribution in [0.4, 0.5) is 5.69 Å². The van der Waals surface area contributed by atoms with Gasteiger partial charge in [-0.3, -0.25) is 14.9 Å². The van der Waals surface area contributed by atoms with Gasteiger partial charge < -0.3 is 4.98 Å². The lowest BCUT2D eigenvalue weighted by molar-refractivity contribution is -0.384. The smallest absolute Gasteiger partial charge is 0.269 e. The first-order valence-corrected chi connectivity index (χ1v) is 5.84. The molecule has 1 heterocycles. The number of nitro benzene ring substituents is 1. The summed E-state index contributed by atoms with van der Waals surface area (Å²) < 4.78 is 0. The van der Waals surface area contributed by atoms with Gasteiger partial charge in [0.1, 0.15) is 0 Å². The molecule has 7 heteroatoms. The number of amides is 1. The third kappa shape index (κ3) is 3.77. The molecular weight excluding hydrogens is 260 g/mol. The molecule has 0 aliphatic carbocycles. The van der Waals surface area contributed by atoms with Gasteiger partial charge in [0, 0.05) is 18.3 Å². The van der Waals surface area contributed by atoms with Crippen molar-refractivity contribution in [3.63, 3.8) is 0 Å². The molecule has 0 saturated heterocycles. The van der Waals surface area contributed by atoms with E-state index in [-0.39, 0.29) is 18.0 Å². The Balaban J connectivity index is 1.86. The number of benzene rings is 1. The van der Waals surface area contributed by atoms with Crippen LogP contribution < -0.4 is 5.43 Å². The fraction of sp³-hybridized carbons (Fsp3) is 0.0769. The second kappa shape index (κ2) is 6.28.